The molecule has 1 unspecified atom stereocenters. The molecule has 2 aliphatic heterocycles. The highest BCUT2D eigenvalue weighted by atomic mass is 16.5. The van der Waals surface area contributed by atoms with E-state index in [1.165, 1.54) is 0 Å². The van der Waals surface area contributed by atoms with Crippen LogP contribution in [0.1, 0.15) is 25.2 Å². The topological polar surface area (TPSA) is 79.5 Å². The minimum atomic E-state index is 0.142. The molecule has 30 heavy (non-hydrogen) atoms. The van der Waals surface area contributed by atoms with Gasteiger partial charge in [-0.25, -0.2) is 15.0 Å². The van der Waals surface area contributed by atoms with Crippen molar-refractivity contribution >= 4 is 17.0 Å². The van der Waals surface area contributed by atoms with Crippen LogP contribution < -0.4 is 4.90 Å². The number of fused-ring (bicyclic) bond motifs is 1. The number of aromatic nitrogens is 4. The number of aryl methyl sites for hydroxylation is 1. The Labute approximate surface area is 176 Å². The Kier molecular flexibility index (Phi) is 5.04. The van der Waals surface area contributed by atoms with Crippen molar-refractivity contribution in [3.63, 3.8) is 0 Å². The number of piperazine rings is 1. The van der Waals surface area contributed by atoms with Crippen molar-refractivity contribution in [3.05, 3.63) is 30.1 Å². The average Bonchev–Trinajstić information content (AvgIpc) is 3.41. The first-order valence-corrected chi connectivity index (χ1v) is 10.8. The number of rotatable bonds is 4. The van der Waals surface area contributed by atoms with Crippen LogP contribution in [0.3, 0.4) is 0 Å². The van der Waals surface area contributed by atoms with Crippen LogP contribution in [0.5, 0.6) is 5.75 Å². The molecule has 3 aromatic rings. The Hall–Kier alpha value is -2.71. The zero-order valence-corrected chi connectivity index (χ0v) is 17.6. The largest absolute Gasteiger partial charge is 0.507 e. The lowest BCUT2D eigenvalue weighted by Crippen LogP contribution is -2.46. The van der Waals surface area contributed by atoms with E-state index in [9.17, 15) is 5.11 Å². The molecule has 1 aromatic carbocycles. The van der Waals surface area contributed by atoms with Gasteiger partial charge in [-0.3, -0.25) is 0 Å². The van der Waals surface area contributed by atoms with E-state index in [0.717, 1.165) is 74.4 Å². The monoisotopic (exact) mass is 408 g/mol. The summed E-state index contributed by atoms with van der Waals surface area (Å²) < 4.78 is 7.83. The minimum Gasteiger partial charge on any atom is -0.507 e. The van der Waals surface area contributed by atoms with E-state index in [-0.39, 0.29) is 11.8 Å². The molecule has 2 saturated heterocycles. The summed E-state index contributed by atoms with van der Waals surface area (Å²) in [4.78, 5) is 19.4. The zero-order valence-electron chi connectivity index (χ0n) is 17.6. The highest BCUT2D eigenvalue weighted by molar-refractivity contribution is 5.88. The summed E-state index contributed by atoms with van der Waals surface area (Å²) in [6, 6.07) is 7.50. The maximum Gasteiger partial charge on any atom is 0.166 e. The first kappa shape index (κ1) is 19.3. The summed E-state index contributed by atoms with van der Waals surface area (Å²) in [5.74, 6) is 2.57. The number of ether oxygens (including phenoxy) is 1. The van der Waals surface area contributed by atoms with Crippen LogP contribution in [0.4, 0.5) is 5.82 Å². The molecule has 0 radical (unpaired) electrons. The van der Waals surface area contributed by atoms with E-state index in [1.54, 1.807) is 6.07 Å². The number of hydrogen-bond acceptors (Lipinski definition) is 7. The van der Waals surface area contributed by atoms with Gasteiger partial charge in [-0.05, 0) is 32.0 Å². The number of hydrogen-bond donors (Lipinski definition) is 1. The molecule has 0 bridgehead atoms. The maximum absolute atomic E-state index is 10.5. The Bertz CT molecular complexity index is 1050. The number of nitrogens with zero attached hydrogens (tertiary/aromatic N) is 6. The third-order valence-electron chi connectivity index (χ3n) is 6.17. The number of para-hydroxylation sites is 1. The lowest BCUT2D eigenvalue weighted by Gasteiger charge is -2.34. The maximum atomic E-state index is 10.5. The van der Waals surface area contributed by atoms with E-state index < -0.39 is 0 Å². The van der Waals surface area contributed by atoms with Gasteiger partial charge in [0.1, 0.15) is 17.4 Å². The number of benzene rings is 1. The second-order valence-electron chi connectivity index (χ2n) is 8.03. The van der Waals surface area contributed by atoms with Crippen molar-refractivity contribution in [2.45, 2.75) is 26.3 Å². The molecule has 2 fully saturated rings. The normalized spacial score (nSPS) is 20.3. The van der Waals surface area contributed by atoms with Crippen LogP contribution in [0.25, 0.3) is 22.6 Å². The van der Waals surface area contributed by atoms with Crippen molar-refractivity contribution in [3.8, 4) is 17.1 Å². The van der Waals surface area contributed by atoms with Crippen LogP contribution in [0, 0.1) is 6.92 Å². The molecule has 1 atom stereocenters. The van der Waals surface area contributed by atoms with Crippen molar-refractivity contribution < 1.29 is 9.84 Å². The van der Waals surface area contributed by atoms with Gasteiger partial charge < -0.3 is 24.2 Å². The minimum absolute atomic E-state index is 0.142. The standard InChI is InChI=1S/C22H28N6O2/c1-3-26-9-11-27(12-10-26)21-19-22(24-15(2)23-21)28(16-8-13-30-14-16)20(25-19)17-6-4-5-7-18(17)29/h4-7,16,29H,3,8-14H2,1-2H3. The molecule has 1 N–H and O–H groups in total. The van der Waals surface area contributed by atoms with Crippen molar-refractivity contribution in [2.24, 2.45) is 0 Å². The third-order valence-corrected chi connectivity index (χ3v) is 6.17. The van der Waals surface area contributed by atoms with E-state index in [2.05, 4.69) is 21.3 Å². The van der Waals surface area contributed by atoms with E-state index in [4.69, 9.17) is 19.7 Å². The smallest absolute Gasteiger partial charge is 0.166 e. The van der Waals surface area contributed by atoms with Gasteiger partial charge in [0.15, 0.2) is 17.0 Å². The second-order valence-corrected chi connectivity index (χ2v) is 8.03. The Morgan fingerprint density at radius 2 is 1.90 bits per heavy atom. The molecule has 2 aromatic heterocycles. The van der Waals surface area contributed by atoms with Gasteiger partial charge in [-0.15, -0.1) is 0 Å². The van der Waals surface area contributed by atoms with Crippen LogP contribution in [0.2, 0.25) is 0 Å². The van der Waals surface area contributed by atoms with Crippen molar-refractivity contribution in [2.75, 3.05) is 50.8 Å². The molecule has 8 nitrogen and oxygen atoms in total. The number of phenolic OH excluding ortho intramolecular Hbond substituents is 1. The predicted molar refractivity (Wildman–Crippen MR) is 116 cm³/mol. The first-order valence-electron chi connectivity index (χ1n) is 10.8. The highest BCUT2D eigenvalue weighted by Crippen LogP contribution is 2.37. The molecule has 2 aliphatic rings. The molecule has 5 rings (SSSR count). The summed E-state index contributed by atoms with van der Waals surface area (Å²) in [5, 5.41) is 10.5. The van der Waals surface area contributed by atoms with E-state index in [0.29, 0.717) is 12.2 Å². The molecule has 4 heterocycles. The van der Waals surface area contributed by atoms with Gasteiger partial charge >= 0.3 is 0 Å². The van der Waals surface area contributed by atoms with Gasteiger partial charge in [0.05, 0.1) is 18.2 Å². The fourth-order valence-electron chi connectivity index (χ4n) is 4.49. The summed E-state index contributed by atoms with van der Waals surface area (Å²) in [6.45, 7) is 10.4. The molecular weight excluding hydrogens is 380 g/mol. The van der Waals surface area contributed by atoms with Crippen LogP contribution in [-0.4, -0.2) is 75.5 Å². The molecule has 0 aliphatic carbocycles. The fourth-order valence-corrected chi connectivity index (χ4v) is 4.49. The molecule has 8 heteroatoms. The SMILES string of the molecule is CCN1CCN(c2nc(C)nc3c2nc(-c2ccccc2O)n3C2CCOC2)CC1. The predicted octanol–water partition coefficient (Wildman–Crippen LogP) is 2.61. The Morgan fingerprint density at radius 1 is 1.10 bits per heavy atom. The molecule has 0 saturated carbocycles. The van der Waals surface area contributed by atoms with Gasteiger partial charge in [0.25, 0.3) is 0 Å². The zero-order chi connectivity index (χ0) is 20.7. The van der Waals surface area contributed by atoms with Gasteiger partial charge in [0.2, 0.25) is 0 Å². The van der Waals surface area contributed by atoms with Crippen LogP contribution in [0.15, 0.2) is 24.3 Å². The van der Waals surface area contributed by atoms with Gasteiger partial charge in [-0.1, -0.05) is 19.1 Å². The lowest BCUT2D eigenvalue weighted by molar-refractivity contribution is 0.187. The van der Waals surface area contributed by atoms with Gasteiger partial charge in [-0.2, -0.15) is 0 Å². The highest BCUT2D eigenvalue weighted by Gasteiger charge is 2.29. The second kappa shape index (κ2) is 7.85. The molecular formula is C22H28N6O2. The van der Waals surface area contributed by atoms with E-state index >= 15 is 0 Å². The van der Waals surface area contributed by atoms with Crippen LogP contribution >= 0.6 is 0 Å². The summed E-state index contributed by atoms with van der Waals surface area (Å²) in [5.41, 5.74) is 2.33. The molecule has 158 valence electrons. The quantitative estimate of drug-likeness (QED) is 0.711. The number of aromatic hydroxyl groups is 1. The Morgan fingerprint density at radius 3 is 2.60 bits per heavy atom. The number of phenols is 1. The van der Waals surface area contributed by atoms with Crippen LogP contribution in [-0.2, 0) is 4.74 Å². The number of anilines is 1. The summed E-state index contributed by atoms with van der Waals surface area (Å²) in [7, 11) is 0. The van der Waals surface area contributed by atoms with Gasteiger partial charge in [0, 0.05) is 32.8 Å². The number of imidazole rings is 1. The van der Waals surface area contributed by atoms with Crippen molar-refractivity contribution in [1.82, 2.24) is 24.4 Å². The Balaban J connectivity index is 1.68. The number of likely N-dealkylation sites (N-methyl/N-ethyl adjacent to an activating group) is 1. The summed E-state index contributed by atoms with van der Waals surface area (Å²) in [6.07, 6.45) is 0.902. The average molecular weight is 409 g/mol. The third kappa shape index (κ3) is 3.30. The van der Waals surface area contributed by atoms with Crippen molar-refractivity contribution in [1.29, 1.82) is 0 Å². The molecule has 0 spiro atoms. The van der Waals surface area contributed by atoms with E-state index in [1.807, 2.05) is 25.1 Å². The summed E-state index contributed by atoms with van der Waals surface area (Å²) >= 11 is 0. The fraction of sp³-hybridized carbons (Fsp3) is 0.500. The lowest BCUT2D eigenvalue weighted by atomic mass is 10.1. The molecule has 0 amide bonds. The first-order chi connectivity index (χ1) is 14.7.